The Morgan fingerprint density at radius 1 is 1.70 bits per heavy atom. The van der Waals surface area contributed by atoms with Gasteiger partial charge in [0, 0.05) is 0 Å². The predicted molar refractivity (Wildman–Crippen MR) is 37.8 cm³/mol. The summed E-state index contributed by atoms with van der Waals surface area (Å²) in [6.07, 6.45) is 3.55. The highest BCUT2D eigenvalue weighted by Gasteiger charge is 2.29. The molecule has 3 N–H and O–H groups in total. The molecular formula is C6H11N4+. The maximum atomic E-state index is 7.12. The van der Waals surface area contributed by atoms with Crippen molar-refractivity contribution in [1.29, 1.82) is 5.41 Å². The van der Waals surface area contributed by atoms with E-state index in [-0.39, 0.29) is 11.5 Å². The normalized spacial score (nSPS) is 20.8. The van der Waals surface area contributed by atoms with E-state index >= 15 is 0 Å². The van der Waals surface area contributed by atoms with Crippen molar-refractivity contribution >= 4 is 5.96 Å². The molecule has 0 aromatic carbocycles. The van der Waals surface area contributed by atoms with Crippen LogP contribution in [0.2, 0.25) is 0 Å². The first-order valence-corrected chi connectivity index (χ1v) is 3.07. The monoisotopic (exact) mass is 139 g/mol. The van der Waals surface area contributed by atoms with E-state index in [1.54, 1.807) is 6.20 Å². The van der Waals surface area contributed by atoms with Gasteiger partial charge in [-0.3, -0.25) is 5.73 Å². The van der Waals surface area contributed by atoms with Gasteiger partial charge in [-0.05, 0) is 19.9 Å². The van der Waals surface area contributed by atoms with Gasteiger partial charge in [-0.25, -0.2) is 0 Å². The van der Waals surface area contributed by atoms with Gasteiger partial charge in [0.25, 0.3) is 0 Å². The highest BCUT2D eigenvalue weighted by atomic mass is 15.4. The van der Waals surface area contributed by atoms with E-state index < -0.39 is 0 Å². The number of nitrogens with two attached hydrogens (primary N) is 1. The van der Waals surface area contributed by atoms with Crippen LogP contribution < -0.4 is 5.73 Å². The summed E-state index contributed by atoms with van der Waals surface area (Å²) in [5.41, 5.74) is 5.02. The summed E-state index contributed by atoms with van der Waals surface area (Å²) in [5, 5.41) is 11.0. The molecule has 54 valence electrons. The number of hydrogen-bond donors (Lipinski definition) is 2. The molecule has 4 heteroatoms. The third-order valence-electron chi connectivity index (χ3n) is 1.44. The number of hydrogen-bond acceptors (Lipinski definition) is 2. The summed E-state index contributed by atoms with van der Waals surface area (Å²) >= 11 is 0. The minimum absolute atomic E-state index is 0.0185. The molecule has 1 aliphatic rings. The molecule has 4 nitrogen and oxygen atoms in total. The maximum absolute atomic E-state index is 7.12. The van der Waals surface area contributed by atoms with Crippen molar-refractivity contribution in [2.45, 2.75) is 19.4 Å². The average molecular weight is 139 g/mol. The van der Waals surface area contributed by atoms with Crippen LogP contribution in [0.25, 0.3) is 0 Å². The van der Waals surface area contributed by atoms with E-state index in [9.17, 15) is 0 Å². The van der Waals surface area contributed by atoms with Gasteiger partial charge in [-0.15, -0.1) is 15.2 Å². The number of rotatable bonds is 0. The first-order chi connectivity index (χ1) is 4.54. The Morgan fingerprint density at radius 2 is 2.30 bits per heavy atom. The molecule has 0 bridgehead atoms. The minimum Gasteiger partial charge on any atom is -0.286 e. The lowest BCUT2D eigenvalue weighted by atomic mass is 10.1. The Hall–Kier alpha value is -1.19. The fraction of sp³-hybridized carbons (Fsp3) is 0.500. The molecule has 0 aromatic rings. The molecule has 1 rings (SSSR count). The summed E-state index contributed by atoms with van der Waals surface area (Å²) in [7, 11) is 0. The zero-order chi connectivity index (χ0) is 7.78. The van der Waals surface area contributed by atoms with Crippen LogP contribution in [0, 0.1) is 5.41 Å². The summed E-state index contributed by atoms with van der Waals surface area (Å²) in [4.78, 5) is 0. The van der Waals surface area contributed by atoms with E-state index in [4.69, 9.17) is 11.1 Å². The van der Waals surface area contributed by atoms with Gasteiger partial charge in [-0.1, -0.05) is 0 Å². The van der Waals surface area contributed by atoms with Crippen molar-refractivity contribution in [3.63, 3.8) is 0 Å². The molecule has 0 atom stereocenters. The quantitative estimate of drug-likeness (QED) is 0.289. The molecule has 0 aromatic heterocycles. The molecule has 0 amide bonds. The second-order valence-corrected chi connectivity index (χ2v) is 2.78. The van der Waals surface area contributed by atoms with Crippen LogP contribution in [0.5, 0.6) is 0 Å². The SMILES string of the molecule is CC1(C)C=CN=[N+]1C(=N)N. The minimum atomic E-state index is -0.230. The van der Waals surface area contributed by atoms with E-state index in [0.717, 1.165) is 0 Å². The molecule has 0 aliphatic carbocycles. The number of nitrogens with one attached hydrogen (secondary N) is 1. The lowest BCUT2D eigenvalue weighted by Crippen LogP contribution is -2.39. The molecule has 0 spiro atoms. The van der Waals surface area contributed by atoms with Crippen molar-refractivity contribution in [1.82, 2.24) is 0 Å². The number of azo groups is 2. The van der Waals surface area contributed by atoms with Crippen LogP contribution in [0.15, 0.2) is 17.4 Å². The zero-order valence-electron chi connectivity index (χ0n) is 6.13. The van der Waals surface area contributed by atoms with Crippen molar-refractivity contribution in [2.24, 2.45) is 10.8 Å². The molecule has 0 saturated carbocycles. The van der Waals surface area contributed by atoms with Crippen LogP contribution >= 0.6 is 0 Å². The van der Waals surface area contributed by atoms with Gasteiger partial charge >= 0.3 is 5.96 Å². The molecular weight excluding hydrogens is 128 g/mol. The molecule has 0 fully saturated rings. The van der Waals surface area contributed by atoms with Crippen molar-refractivity contribution in [2.75, 3.05) is 0 Å². The van der Waals surface area contributed by atoms with Gasteiger partial charge in [0.1, 0.15) is 5.54 Å². The Morgan fingerprint density at radius 3 is 2.50 bits per heavy atom. The Bertz CT molecular complexity index is 224. The summed E-state index contributed by atoms with van der Waals surface area (Å²) < 4.78 is 1.47. The summed E-state index contributed by atoms with van der Waals surface area (Å²) in [5.74, 6) is -0.0185. The fourth-order valence-electron chi connectivity index (χ4n) is 0.874. The predicted octanol–water partition coefficient (Wildman–Crippen LogP) is 0.650. The van der Waals surface area contributed by atoms with Crippen LogP contribution in [-0.4, -0.2) is 16.2 Å². The largest absolute Gasteiger partial charge is 0.401 e. The van der Waals surface area contributed by atoms with Gasteiger partial charge in [0.15, 0.2) is 0 Å². The second-order valence-electron chi connectivity index (χ2n) is 2.78. The summed E-state index contributed by atoms with van der Waals surface area (Å²) in [6, 6.07) is 0. The lowest BCUT2D eigenvalue weighted by Gasteiger charge is -2.13. The molecule has 0 unspecified atom stereocenters. The van der Waals surface area contributed by atoms with Crippen molar-refractivity contribution in [3.05, 3.63) is 12.3 Å². The van der Waals surface area contributed by atoms with Crippen LogP contribution in [0.1, 0.15) is 13.8 Å². The summed E-state index contributed by atoms with van der Waals surface area (Å²) in [6.45, 7) is 3.89. The van der Waals surface area contributed by atoms with E-state index in [1.165, 1.54) is 4.70 Å². The Labute approximate surface area is 59.6 Å². The Balaban J connectivity index is 2.93. The average Bonchev–Trinajstić information content (AvgIpc) is 2.08. The van der Waals surface area contributed by atoms with E-state index in [1.807, 2.05) is 19.9 Å². The number of guanidine groups is 1. The smallest absolute Gasteiger partial charge is 0.286 e. The van der Waals surface area contributed by atoms with Gasteiger partial charge in [-0.2, -0.15) is 0 Å². The Kier molecular flexibility index (Phi) is 1.31. The van der Waals surface area contributed by atoms with Gasteiger partial charge in [0.05, 0.1) is 6.20 Å². The van der Waals surface area contributed by atoms with Gasteiger partial charge in [0.2, 0.25) is 0 Å². The molecule has 1 aliphatic heterocycles. The van der Waals surface area contributed by atoms with E-state index in [0.29, 0.717) is 0 Å². The molecule has 0 radical (unpaired) electrons. The third-order valence-corrected chi connectivity index (χ3v) is 1.44. The second kappa shape index (κ2) is 1.90. The molecule has 10 heavy (non-hydrogen) atoms. The highest BCUT2D eigenvalue weighted by molar-refractivity contribution is 5.65. The van der Waals surface area contributed by atoms with Crippen LogP contribution in [-0.2, 0) is 0 Å². The molecule has 1 heterocycles. The topological polar surface area (TPSA) is 65.2 Å². The van der Waals surface area contributed by atoms with E-state index in [2.05, 4.69) is 5.11 Å². The number of nitrogens with zero attached hydrogens (tertiary/aromatic N) is 2. The van der Waals surface area contributed by atoms with Crippen molar-refractivity contribution in [3.8, 4) is 0 Å². The highest BCUT2D eigenvalue weighted by Crippen LogP contribution is 2.16. The first kappa shape index (κ1) is 6.92. The van der Waals surface area contributed by atoms with Crippen LogP contribution in [0.3, 0.4) is 0 Å². The fourth-order valence-corrected chi connectivity index (χ4v) is 0.874. The molecule has 0 saturated heterocycles. The van der Waals surface area contributed by atoms with Gasteiger partial charge < -0.3 is 0 Å². The lowest BCUT2D eigenvalue weighted by molar-refractivity contribution is -0.538. The third kappa shape index (κ3) is 0.920. The standard InChI is InChI=1S/C6H11N4/c1-6(2)3-4-9-10(6)5(7)8/h3-4H,1-2H3,(H3,7,8)/q+1. The zero-order valence-corrected chi connectivity index (χ0v) is 6.13. The van der Waals surface area contributed by atoms with Crippen LogP contribution in [0.4, 0.5) is 0 Å². The van der Waals surface area contributed by atoms with Crippen molar-refractivity contribution < 1.29 is 4.70 Å². The first-order valence-electron chi connectivity index (χ1n) is 3.07. The maximum Gasteiger partial charge on any atom is 0.401 e.